The van der Waals surface area contributed by atoms with Crippen molar-refractivity contribution in [1.29, 1.82) is 0 Å². The summed E-state index contributed by atoms with van der Waals surface area (Å²) in [6, 6.07) is 10.3. The molecule has 0 aromatic carbocycles. The SMILES string of the molecule is O=C(Nc1ccc(N2CCN(C(=O)c3cccnc3Cl)CC2)nc1)c1ccco1. The van der Waals surface area contributed by atoms with Gasteiger partial charge in [-0.25, -0.2) is 9.97 Å². The number of pyridine rings is 2. The van der Waals surface area contributed by atoms with Crippen molar-refractivity contribution in [2.75, 3.05) is 36.4 Å². The third-order valence-corrected chi connectivity index (χ3v) is 4.93. The van der Waals surface area contributed by atoms with Crippen LogP contribution < -0.4 is 10.2 Å². The van der Waals surface area contributed by atoms with E-state index in [9.17, 15) is 9.59 Å². The smallest absolute Gasteiger partial charge is 0.291 e. The summed E-state index contributed by atoms with van der Waals surface area (Å²) in [7, 11) is 0. The maximum atomic E-state index is 12.6. The molecule has 1 aliphatic heterocycles. The number of halogens is 1. The van der Waals surface area contributed by atoms with Crippen LogP contribution in [0.1, 0.15) is 20.9 Å². The number of aromatic nitrogens is 2. The quantitative estimate of drug-likeness (QED) is 0.664. The van der Waals surface area contributed by atoms with Gasteiger partial charge < -0.3 is 19.5 Å². The Bertz CT molecular complexity index is 999. The van der Waals surface area contributed by atoms with Gasteiger partial charge >= 0.3 is 0 Å². The number of nitrogens with zero attached hydrogens (tertiary/aromatic N) is 4. The van der Waals surface area contributed by atoms with Gasteiger partial charge in [-0.05, 0) is 36.4 Å². The largest absolute Gasteiger partial charge is 0.459 e. The fraction of sp³-hybridized carbons (Fsp3) is 0.200. The number of amides is 2. The van der Waals surface area contributed by atoms with Crippen LogP contribution >= 0.6 is 11.6 Å². The lowest BCUT2D eigenvalue weighted by Gasteiger charge is -2.35. The molecular formula is C20H18ClN5O3. The van der Waals surface area contributed by atoms with E-state index < -0.39 is 0 Å². The zero-order valence-corrected chi connectivity index (χ0v) is 16.2. The van der Waals surface area contributed by atoms with Crippen LogP contribution in [-0.4, -0.2) is 52.9 Å². The van der Waals surface area contributed by atoms with E-state index in [1.54, 1.807) is 47.6 Å². The first-order valence-electron chi connectivity index (χ1n) is 9.07. The molecule has 29 heavy (non-hydrogen) atoms. The molecule has 0 saturated carbocycles. The minimum Gasteiger partial charge on any atom is -0.459 e. The van der Waals surface area contributed by atoms with E-state index in [0.29, 0.717) is 37.4 Å². The molecule has 8 nitrogen and oxygen atoms in total. The average Bonchev–Trinajstić information content (AvgIpc) is 3.30. The van der Waals surface area contributed by atoms with Gasteiger partial charge in [0.1, 0.15) is 11.0 Å². The predicted molar refractivity (Wildman–Crippen MR) is 108 cm³/mol. The molecule has 0 bridgehead atoms. The maximum Gasteiger partial charge on any atom is 0.291 e. The number of carbonyl (C=O) groups is 2. The molecule has 3 aromatic heterocycles. The van der Waals surface area contributed by atoms with Gasteiger partial charge in [0.2, 0.25) is 0 Å². The lowest BCUT2D eigenvalue weighted by Crippen LogP contribution is -2.49. The molecule has 0 spiro atoms. The van der Waals surface area contributed by atoms with Crippen molar-refractivity contribution in [3.63, 3.8) is 0 Å². The molecule has 1 aliphatic rings. The van der Waals surface area contributed by atoms with E-state index in [1.165, 1.54) is 6.26 Å². The van der Waals surface area contributed by atoms with E-state index in [0.717, 1.165) is 5.82 Å². The van der Waals surface area contributed by atoms with Gasteiger partial charge in [0.25, 0.3) is 11.8 Å². The minimum atomic E-state index is -0.328. The normalized spacial score (nSPS) is 14.0. The van der Waals surface area contributed by atoms with Crippen LogP contribution in [0.2, 0.25) is 5.15 Å². The van der Waals surface area contributed by atoms with Crippen LogP contribution in [0.15, 0.2) is 59.5 Å². The molecule has 148 valence electrons. The van der Waals surface area contributed by atoms with Crippen LogP contribution in [0.5, 0.6) is 0 Å². The number of piperazine rings is 1. The van der Waals surface area contributed by atoms with Crippen LogP contribution in [0, 0.1) is 0 Å². The first-order chi connectivity index (χ1) is 14.1. The van der Waals surface area contributed by atoms with Crippen molar-refractivity contribution in [2.24, 2.45) is 0 Å². The van der Waals surface area contributed by atoms with Crippen LogP contribution in [0.3, 0.4) is 0 Å². The Hall–Kier alpha value is -3.39. The summed E-state index contributed by atoms with van der Waals surface area (Å²) in [6.07, 6.45) is 4.61. The molecule has 1 fully saturated rings. The molecule has 1 N–H and O–H groups in total. The number of anilines is 2. The topological polar surface area (TPSA) is 91.6 Å². The summed E-state index contributed by atoms with van der Waals surface area (Å²) in [5.74, 6) is 0.577. The molecule has 9 heteroatoms. The Morgan fingerprint density at radius 2 is 1.86 bits per heavy atom. The molecule has 0 unspecified atom stereocenters. The van der Waals surface area contributed by atoms with Crippen molar-refractivity contribution in [2.45, 2.75) is 0 Å². The van der Waals surface area contributed by atoms with Crippen molar-refractivity contribution >= 4 is 34.9 Å². The molecule has 4 rings (SSSR count). The van der Waals surface area contributed by atoms with Gasteiger partial charge in [-0.15, -0.1) is 0 Å². The van der Waals surface area contributed by atoms with Gasteiger partial charge in [-0.1, -0.05) is 11.6 Å². The van der Waals surface area contributed by atoms with E-state index in [2.05, 4.69) is 20.2 Å². The Labute approximate surface area is 172 Å². The summed E-state index contributed by atoms with van der Waals surface area (Å²) < 4.78 is 5.07. The number of carbonyl (C=O) groups excluding carboxylic acids is 2. The predicted octanol–water partition coefficient (Wildman–Crippen LogP) is 2.94. The van der Waals surface area contributed by atoms with Crippen molar-refractivity contribution < 1.29 is 14.0 Å². The zero-order chi connectivity index (χ0) is 20.2. The van der Waals surface area contributed by atoms with Crippen molar-refractivity contribution in [3.8, 4) is 0 Å². The second kappa shape index (κ2) is 8.32. The van der Waals surface area contributed by atoms with Gasteiger partial charge in [0, 0.05) is 32.4 Å². The summed E-state index contributed by atoms with van der Waals surface area (Å²) in [4.78, 5) is 36.9. The highest BCUT2D eigenvalue weighted by atomic mass is 35.5. The fourth-order valence-electron chi connectivity index (χ4n) is 3.10. The van der Waals surface area contributed by atoms with Crippen LogP contribution in [-0.2, 0) is 0 Å². The summed E-state index contributed by atoms with van der Waals surface area (Å²) >= 11 is 6.03. The van der Waals surface area contributed by atoms with Gasteiger partial charge in [-0.3, -0.25) is 9.59 Å². The highest BCUT2D eigenvalue weighted by Crippen LogP contribution is 2.19. The van der Waals surface area contributed by atoms with Crippen LogP contribution in [0.4, 0.5) is 11.5 Å². The second-order valence-electron chi connectivity index (χ2n) is 6.46. The molecule has 0 radical (unpaired) electrons. The second-order valence-corrected chi connectivity index (χ2v) is 6.82. The lowest BCUT2D eigenvalue weighted by atomic mass is 10.2. The number of furan rings is 1. The number of nitrogens with one attached hydrogen (secondary N) is 1. The molecule has 4 heterocycles. The third-order valence-electron chi connectivity index (χ3n) is 4.63. The van der Waals surface area contributed by atoms with Crippen LogP contribution in [0.25, 0.3) is 0 Å². The third kappa shape index (κ3) is 4.22. The molecule has 3 aromatic rings. The molecule has 1 saturated heterocycles. The first-order valence-corrected chi connectivity index (χ1v) is 9.45. The number of hydrogen-bond donors (Lipinski definition) is 1. The number of hydrogen-bond acceptors (Lipinski definition) is 6. The number of rotatable bonds is 4. The van der Waals surface area contributed by atoms with Crippen molar-refractivity contribution in [3.05, 3.63) is 71.5 Å². The Morgan fingerprint density at radius 1 is 1.03 bits per heavy atom. The molecule has 0 atom stereocenters. The average molecular weight is 412 g/mol. The monoisotopic (exact) mass is 411 g/mol. The fourth-order valence-corrected chi connectivity index (χ4v) is 3.30. The van der Waals surface area contributed by atoms with Gasteiger partial charge in [0.05, 0.1) is 23.7 Å². The molecular weight excluding hydrogens is 394 g/mol. The lowest BCUT2D eigenvalue weighted by molar-refractivity contribution is 0.0746. The first kappa shape index (κ1) is 18.9. The highest BCUT2D eigenvalue weighted by Gasteiger charge is 2.24. The van der Waals surface area contributed by atoms with Gasteiger partial charge in [0.15, 0.2) is 5.76 Å². The molecule has 0 aliphatic carbocycles. The highest BCUT2D eigenvalue weighted by molar-refractivity contribution is 6.32. The standard InChI is InChI=1S/C20H18ClN5O3/c21-18-15(3-1-7-22-18)20(28)26-10-8-25(9-11-26)17-6-5-14(13-23-17)24-19(27)16-4-2-12-29-16/h1-7,12-13H,8-11H2,(H,24,27). The molecule has 2 amide bonds. The van der Waals surface area contributed by atoms with E-state index in [1.807, 2.05) is 6.07 Å². The van der Waals surface area contributed by atoms with Crippen molar-refractivity contribution in [1.82, 2.24) is 14.9 Å². The maximum absolute atomic E-state index is 12.6. The summed E-state index contributed by atoms with van der Waals surface area (Å²) in [5.41, 5.74) is 0.993. The van der Waals surface area contributed by atoms with E-state index in [-0.39, 0.29) is 22.7 Å². The summed E-state index contributed by atoms with van der Waals surface area (Å²) in [5, 5.41) is 2.95. The van der Waals surface area contributed by atoms with E-state index in [4.69, 9.17) is 16.0 Å². The minimum absolute atomic E-state index is 0.119. The Kier molecular flexibility index (Phi) is 5.44. The Morgan fingerprint density at radius 3 is 2.52 bits per heavy atom. The van der Waals surface area contributed by atoms with E-state index >= 15 is 0 Å². The zero-order valence-electron chi connectivity index (χ0n) is 15.4. The Balaban J connectivity index is 1.34. The van der Waals surface area contributed by atoms with Gasteiger partial charge in [-0.2, -0.15) is 0 Å². The summed E-state index contributed by atoms with van der Waals surface area (Å²) in [6.45, 7) is 2.41.